The molecule has 0 amide bonds. The van der Waals surface area contributed by atoms with Crippen molar-refractivity contribution in [1.29, 1.82) is 0 Å². The second-order valence-corrected chi connectivity index (χ2v) is 5.74. The second-order valence-electron chi connectivity index (χ2n) is 4.73. The lowest BCUT2D eigenvalue weighted by Crippen LogP contribution is -2.11. The van der Waals surface area contributed by atoms with Crippen LogP contribution in [0, 0.1) is 6.92 Å². The first-order valence-corrected chi connectivity index (χ1v) is 7.32. The van der Waals surface area contributed by atoms with Crippen molar-refractivity contribution in [2.75, 3.05) is 5.32 Å². The first-order chi connectivity index (χ1) is 8.84. The largest absolute Gasteiger partial charge is 0.365 e. The lowest BCUT2D eigenvalue weighted by molar-refractivity contribution is 0.663. The van der Waals surface area contributed by atoms with Crippen LogP contribution in [-0.2, 0) is 19.4 Å². The highest BCUT2D eigenvalue weighted by Gasteiger charge is 2.15. The van der Waals surface area contributed by atoms with Crippen LogP contribution in [0.5, 0.6) is 0 Å². The minimum Gasteiger partial charge on any atom is -0.365 e. The normalized spacial score (nSPS) is 14.3. The molecule has 3 nitrogen and oxygen atoms in total. The van der Waals surface area contributed by atoms with E-state index < -0.39 is 0 Å². The van der Waals surface area contributed by atoms with Crippen LogP contribution >= 0.6 is 11.3 Å². The zero-order valence-corrected chi connectivity index (χ0v) is 11.4. The molecule has 0 aromatic carbocycles. The van der Waals surface area contributed by atoms with Gasteiger partial charge in [-0.25, -0.2) is 9.97 Å². The van der Waals surface area contributed by atoms with Crippen LogP contribution in [0.4, 0.5) is 5.82 Å². The van der Waals surface area contributed by atoms with E-state index >= 15 is 0 Å². The number of aromatic nitrogens is 2. The van der Waals surface area contributed by atoms with E-state index in [0.29, 0.717) is 0 Å². The topological polar surface area (TPSA) is 37.8 Å². The molecule has 1 aliphatic rings. The average Bonchev–Trinajstić information content (AvgIpc) is 2.82. The first kappa shape index (κ1) is 11.7. The third-order valence-corrected chi connectivity index (χ3v) is 4.53. The number of rotatable bonds is 3. The smallest absolute Gasteiger partial charge is 0.133 e. The molecule has 94 valence electrons. The number of nitrogens with zero attached hydrogens (tertiary/aromatic N) is 2. The quantitative estimate of drug-likeness (QED) is 0.918. The molecule has 0 aliphatic heterocycles. The molecule has 4 heteroatoms. The van der Waals surface area contributed by atoms with Gasteiger partial charge >= 0.3 is 0 Å². The molecule has 0 spiro atoms. The van der Waals surface area contributed by atoms with Crippen molar-refractivity contribution < 1.29 is 0 Å². The van der Waals surface area contributed by atoms with E-state index in [4.69, 9.17) is 0 Å². The van der Waals surface area contributed by atoms with E-state index in [9.17, 15) is 0 Å². The monoisotopic (exact) mass is 259 g/mol. The Balaban J connectivity index is 1.79. The summed E-state index contributed by atoms with van der Waals surface area (Å²) in [5.41, 5.74) is 3.93. The Kier molecular flexibility index (Phi) is 3.28. The predicted molar refractivity (Wildman–Crippen MR) is 75.1 cm³/mol. The van der Waals surface area contributed by atoms with Gasteiger partial charge in [0.1, 0.15) is 12.1 Å². The fourth-order valence-electron chi connectivity index (χ4n) is 2.42. The van der Waals surface area contributed by atoms with Crippen LogP contribution in [0.15, 0.2) is 17.8 Å². The maximum atomic E-state index is 4.40. The Hall–Kier alpha value is -1.42. The van der Waals surface area contributed by atoms with Gasteiger partial charge in [-0.15, -0.1) is 11.3 Å². The van der Waals surface area contributed by atoms with E-state index in [1.165, 1.54) is 34.5 Å². The molecule has 0 saturated heterocycles. The second kappa shape index (κ2) is 5.06. The summed E-state index contributed by atoms with van der Waals surface area (Å²) in [5, 5.41) is 5.62. The van der Waals surface area contributed by atoms with Gasteiger partial charge in [0, 0.05) is 16.1 Å². The van der Waals surface area contributed by atoms with Crippen molar-refractivity contribution in [3.8, 4) is 0 Å². The minimum atomic E-state index is 0.868. The molecule has 2 heterocycles. The van der Waals surface area contributed by atoms with E-state index in [1.54, 1.807) is 17.7 Å². The van der Waals surface area contributed by atoms with E-state index in [-0.39, 0.29) is 0 Å². The highest BCUT2D eigenvalue weighted by Crippen LogP contribution is 2.25. The Labute approximate surface area is 111 Å². The number of nitrogens with one attached hydrogen (secondary N) is 1. The molecule has 0 unspecified atom stereocenters. The van der Waals surface area contributed by atoms with Crippen molar-refractivity contribution in [2.24, 2.45) is 0 Å². The van der Waals surface area contributed by atoms with Gasteiger partial charge in [-0.1, -0.05) is 0 Å². The summed E-state index contributed by atoms with van der Waals surface area (Å²) in [6, 6.07) is 2.16. The molecular weight excluding hydrogens is 242 g/mol. The van der Waals surface area contributed by atoms with Crippen LogP contribution in [0.25, 0.3) is 0 Å². The van der Waals surface area contributed by atoms with Gasteiger partial charge in [0.15, 0.2) is 0 Å². The molecule has 18 heavy (non-hydrogen) atoms. The zero-order chi connectivity index (χ0) is 12.4. The molecule has 3 rings (SSSR count). The summed E-state index contributed by atoms with van der Waals surface area (Å²) < 4.78 is 0. The Morgan fingerprint density at radius 2 is 2.17 bits per heavy atom. The summed E-state index contributed by atoms with van der Waals surface area (Å²) in [6.07, 6.45) is 6.42. The van der Waals surface area contributed by atoms with Gasteiger partial charge < -0.3 is 5.32 Å². The third-order valence-electron chi connectivity index (χ3n) is 3.51. The molecule has 2 aromatic heterocycles. The summed E-state index contributed by atoms with van der Waals surface area (Å²) >= 11 is 1.80. The lowest BCUT2D eigenvalue weighted by Gasteiger charge is -2.17. The molecular formula is C14H17N3S. The molecule has 0 bridgehead atoms. The molecule has 1 aliphatic carbocycles. The molecule has 0 saturated carbocycles. The summed E-state index contributed by atoms with van der Waals surface area (Å²) in [7, 11) is 0. The Bertz CT molecular complexity index is 548. The Morgan fingerprint density at radius 1 is 1.28 bits per heavy atom. The number of aryl methyl sites for hydroxylation is 2. The number of hydrogen-bond donors (Lipinski definition) is 1. The van der Waals surface area contributed by atoms with Crippen molar-refractivity contribution in [3.05, 3.63) is 39.5 Å². The number of thiophene rings is 1. The van der Waals surface area contributed by atoms with Gasteiger partial charge in [-0.05, 0) is 49.6 Å². The van der Waals surface area contributed by atoms with Crippen LogP contribution in [-0.4, -0.2) is 9.97 Å². The Morgan fingerprint density at radius 3 is 3.00 bits per heavy atom. The highest BCUT2D eigenvalue weighted by molar-refractivity contribution is 7.10. The summed E-state index contributed by atoms with van der Waals surface area (Å²) in [6.45, 7) is 3.02. The van der Waals surface area contributed by atoms with Crippen LogP contribution in [0.1, 0.15) is 34.5 Å². The SMILES string of the molecule is Cc1ccsc1CNc1ncnc2c1CCCC2. The fraction of sp³-hybridized carbons (Fsp3) is 0.429. The van der Waals surface area contributed by atoms with Crippen LogP contribution in [0.3, 0.4) is 0 Å². The molecule has 2 aromatic rings. The maximum absolute atomic E-state index is 4.40. The van der Waals surface area contributed by atoms with E-state index in [2.05, 4.69) is 33.7 Å². The molecule has 1 N–H and O–H groups in total. The highest BCUT2D eigenvalue weighted by atomic mass is 32.1. The number of fused-ring (bicyclic) bond motifs is 1. The summed E-state index contributed by atoms with van der Waals surface area (Å²) in [5.74, 6) is 1.03. The van der Waals surface area contributed by atoms with Crippen molar-refractivity contribution >= 4 is 17.2 Å². The molecule has 0 fully saturated rings. The van der Waals surface area contributed by atoms with Gasteiger partial charge in [0.05, 0.1) is 6.54 Å². The molecule has 0 radical (unpaired) electrons. The molecule has 0 atom stereocenters. The first-order valence-electron chi connectivity index (χ1n) is 6.44. The van der Waals surface area contributed by atoms with Crippen molar-refractivity contribution in [3.63, 3.8) is 0 Å². The third kappa shape index (κ3) is 2.25. The van der Waals surface area contributed by atoms with Gasteiger partial charge in [0.2, 0.25) is 0 Å². The summed E-state index contributed by atoms with van der Waals surface area (Å²) in [4.78, 5) is 10.2. The maximum Gasteiger partial charge on any atom is 0.133 e. The van der Waals surface area contributed by atoms with Crippen molar-refractivity contribution in [1.82, 2.24) is 9.97 Å². The minimum absolute atomic E-state index is 0.868. The predicted octanol–water partition coefficient (Wildman–Crippen LogP) is 3.34. The van der Waals surface area contributed by atoms with Crippen molar-refractivity contribution in [2.45, 2.75) is 39.2 Å². The fourth-order valence-corrected chi connectivity index (χ4v) is 3.27. The number of hydrogen-bond acceptors (Lipinski definition) is 4. The number of anilines is 1. The lowest BCUT2D eigenvalue weighted by atomic mass is 9.96. The van der Waals surface area contributed by atoms with Gasteiger partial charge in [-0.2, -0.15) is 0 Å². The average molecular weight is 259 g/mol. The van der Waals surface area contributed by atoms with E-state index in [0.717, 1.165) is 25.2 Å². The van der Waals surface area contributed by atoms with Gasteiger partial charge in [-0.3, -0.25) is 0 Å². The van der Waals surface area contributed by atoms with Crippen LogP contribution in [0.2, 0.25) is 0 Å². The van der Waals surface area contributed by atoms with Crippen LogP contribution < -0.4 is 5.32 Å². The standard InChI is InChI=1S/C14H17N3S/c1-10-6-7-18-13(10)8-15-14-11-4-2-3-5-12(11)16-9-17-14/h6-7,9H,2-5,8H2,1H3,(H,15,16,17). The zero-order valence-electron chi connectivity index (χ0n) is 10.6. The van der Waals surface area contributed by atoms with Gasteiger partial charge in [0.25, 0.3) is 0 Å². The van der Waals surface area contributed by atoms with E-state index in [1.807, 2.05) is 0 Å².